The zero-order valence-electron chi connectivity index (χ0n) is 17.6. The molecule has 3 aromatic carbocycles. The summed E-state index contributed by atoms with van der Waals surface area (Å²) in [7, 11) is -3.97. The summed E-state index contributed by atoms with van der Waals surface area (Å²) in [5.74, 6) is -1.28. The number of halogens is 1. The molecule has 4 rings (SSSR count). The Balaban J connectivity index is 1.37. The quantitative estimate of drug-likeness (QED) is 0.624. The van der Waals surface area contributed by atoms with Crippen molar-refractivity contribution in [3.63, 3.8) is 0 Å². The first-order valence-corrected chi connectivity index (χ1v) is 11.8. The maximum atomic E-state index is 14.0. The Morgan fingerprint density at radius 3 is 2.00 bits per heavy atom. The summed E-state index contributed by atoms with van der Waals surface area (Å²) in [6.45, 7) is 0.541. The number of anilines is 1. The van der Waals surface area contributed by atoms with Crippen LogP contribution in [0.3, 0.4) is 0 Å². The molecule has 7 nitrogen and oxygen atoms in total. The Bertz CT molecular complexity index is 1260. The van der Waals surface area contributed by atoms with Gasteiger partial charge in [0.25, 0.3) is 11.8 Å². The standard InChI is InChI=1S/C24H22FN3O4S/c25-21-8-4-5-9-22(21)33(31,32)28-16-14-27(15-17-28)24(30)19-10-12-20(13-11-19)26-23(29)18-6-2-1-3-7-18/h1-13H,14-17H2,(H,26,29). The summed E-state index contributed by atoms with van der Waals surface area (Å²) in [6, 6.07) is 20.6. The zero-order chi connectivity index (χ0) is 23.4. The molecule has 0 saturated carbocycles. The maximum absolute atomic E-state index is 14.0. The molecule has 0 bridgehead atoms. The van der Waals surface area contributed by atoms with Gasteiger partial charge in [0.2, 0.25) is 10.0 Å². The van der Waals surface area contributed by atoms with Gasteiger partial charge in [-0.3, -0.25) is 9.59 Å². The number of nitrogens with one attached hydrogen (secondary N) is 1. The number of nitrogens with zero attached hydrogens (tertiary/aromatic N) is 2. The van der Waals surface area contributed by atoms with Gasteiger partial charge in [-0.1, -0.05) is 30.3 Å². The molecule has 1 heterocycles. The molecule has 2 amide bonds. The minimum absolute atomic E-state index is 0.0770. The molecule has 0 aromatic heterocycles. The highest BCUT2D eigenvalue weighted by molar-refractivity contribution is 7.89. The van der Waals surface area contributed by atoms with E-state index < -0.39 is 15.8 Å². The summed E-state index contributed by atoms with van der Waals surface area (Å²) in [5.41, 5.74) is 1.51. The Labute approximate surface area is 191 Å². The Hall–Kier alpha value is -3.56. The van der Waals surface area contributed by atoms with Crippen molar-refractivity contribution in [2.75, 3.05) is 31.5 Å². The van der Waals surface area contributed by atoms with Gasteiger partial charge in [-0.05, 0) is 48.5 Å². The van der Waals surface area contributed by atoms with E-state index in [0.29, 0.717) is 16.8 Å². The summed E-state index contributed by atoms with van der Waals surface area (Å²) < 4.78 is 40.6. The lowest BCUT2D eigenvalue weighted by atomic mass is 10.1. The average molecular weight is 468 g/mol. The first-order chi connectivity index (χ1) is 15.9. The molecule has 1 aliphatic rings. The Kier molecular flexibility index (Phi) is 6.52. The van der Waals surface area contributed by atoms with E-state index >= 15 is 0 Å². The molecule has 0 spiro atoms. The lowest BCUT2D eigenvalue weighted by Gasteiger charge is -2.34. The molecule has 1 N–H and O–H groups in total. The largest absolute Gasteiger partial charge is 0.336 e. The molecule has 9 heteroatoms. The highest BCUT2D eigenvalue weighted by Crippen LogP contribution is 2.21. The molecule has 170 valence electrons. The van der Waals surface area contributed by atoms with Crippen LogP contribution in [-0.4, -0.2) is 55.6 Å². The van der Waals surface area contributed by atoms with Gasteiger partial charge in [-0.2, -0.15) is 4.31 Å². The van der Waals surface area contributed by atoms with E-state index in [0.717, 1.165) is 6.07 Å². The van der Waals surface area contributed by atoms with Crippen LogP contribution in [0.4, 0.5) is 10.1 Å². The fourth-order valence-corrected chi connectivity index (χ4v) is 5.08. The van der Waals surface area contributed by atoms with Gasteiger partial charge in [0.05, 0.1) is 0 Å². The summed E-state index contributed by atoms with van der Waals surface area (Å²) in [6.07, 6.45) is 0. The second kappa shape index (κ2) is 9.51. The van der Waals surface area contributed by atoms with Crippen molar-refractivity contribution in [3.05, 3.63) is 95.8 Å². The number of carbonyl (C=O) groups excluding carboxylic acids is 2. The Morgan fingerprint density at radius 2 is 1.36 bits per heavy atom. The molecule has 0 radical (unpaired) electrons. The van der Waals surface area contributed by atoms with Crippen LogP contribution in [0.5, 0.6) is 0 Å². The monoisotopic (exact) mass is 467 g/mol. The van der Waals surface area contributed by atoms with Gasteiger partial charge < -0.3 is 10.2 Å². The third-order valence-electron chi connectivity index (χ3n) is 5.41. The summed E-state index contributed by atoms with van der Waals surface area (Å²) >= 11 is 0. The van der Waals surface area contributed by atoms with Crippen LogP contribution >= 0.6 is 0 Å². The molecule has 1 aliphatic heterocycles. The van der Waals surface area contributed by atoms with Crippen molar-refractivity contribution >= 4 is 27.5 Å². The molecular formula is C24H22FN3O4S. The normalized spacial score (nSPS) is 14.6. The smallest absolute Gasteiger partial charge is 0.255 e. The van der Waals surface area contributed by atoms with Gasteiger partial charge in [0.15, 0.2) is 0 Å². The molecule has 0 unspecified atom stereocenters. The average Bonchev–Trinajstić information content (AvgIpc) is 2.85. The van der Waals surface area contributed by atoms with Crippen molar-refractivity contribution < 1.29 is 22.4 Å². The van der Waals surface area contributed by atoms with E-state index in [1.807, 2.05) is 6.07 Å². The van der Waals surface area contributed by atoms with Crippen LogP contribution in [0.15, 0.2) is 83.8 Å². The lowest BCUT2D eigenvalue weighted by molar-refractivity contribution is 0.0697. The van der Waals surface area contributed by atoms with Crippen molar-refractivity contribution in [2.24, 2.45) is 0 Å². The minimum atomic E-state index is -3.97. The predicted octanol–water partition coefficient (Wildman–Crippen LogP) is 3.22. The molecule has 0 aliphatic carbocycles. The first-order valence-electron chi connectivity index (χ1n) is 10.4. The number of amides is 2. The molecule has 1 saturated heterocycles. The van der Waals surface area contributed by atoms with E-state index in [-0.39, 0.29) is 42.9 Å². The maximum Gasteiger partial charge on any atom is 0.255 e. The van der Waals surface area contributed by atoms with Gasteiger partial charge in [0.1, 0.15) is 10.7 Å². The van der Waals surface area contributed by atoms with Gasteiger partial charge in [-0.25, -0.2) is 12.8 Å². The van der Waals surface area contributed by atoms with Gasteiger partial charge in [-0.15, -0.1) is 0 Å². The second-order valence-electron chi connectivity index (χ2n) is 7.52. The second-order valence-corrected chi connectivity index (χ2v) is 9.43. The number of piperazine rings is 1. The van der Waals surface area contributed by atoms with Crippen LogP contribution < -0.4 is 5.32 Å². The number of hydrogen-bond donors (Lipinski definition) is 1. The number of hydrogen-bond acceptors (Lipinski definition) is 4. The van der Waals surface area contributed by atoms with Crippen LogP contribution in [0.2, 0.25) is 0 Å². The van der Waals surface area contributed by atoms with Crippen molar-refractivity contribution in [2.45, 2.75) is 4.90 Å². The zero-order valence-corrected chi connectivity index (χ0v) is 18.5. The lowest BCUT2D eigenvalue weighted by Crippen LogP contribution is -2.50. The molecule has 1 fully saturated rings. The van der Waals surface area contributed by atoms with Crippen LogP contribution in [0, 0.1) is 5.82 Å². The minimum Gasteiger partial charge on any atom is -0.336 e. The molecular weight excluding hydrogens is 445 g/mol. The Morgan fingerprint density at radius 1 is 0.758 bits per heavy atom. The fraction of sp³-hybridized carbons (Fsp3) is 0.167. The number of sulfonamides is 1. The third-order valence-corrected chi connectivity index (χ3v) is 7.34. The third kappa shape index (κ3) is 4.94. The van der Waals surface area contributed by atoms with E-state index in [2.05, 4.69) is 5.32 Å². The van der Waals surface area contributed by atoms with E-state index in [1.165, 1.54) is 22.5 Å². The van der Waals surface area contributed by atoms with Crippen LogP contribution in [0.1, 0.15) is 20.7 Å². The van der Waals surface area contributed by atoms with E-state index in [4.69, 9.17) is 0 Å². The fourth-order valence-electron chi connectivity index (χ4n) is 3.60. The number of rotatable bonds is 5. The number of carbonyl (C=O) groups is 2. The molecule has 0 atom stereocenters. The van der Waals surface area contributed by atoms with E-state index in [1.54, 1.807) is 53.4 Å². The van der Waals surface area contributed by atoms with E-state index in [9.17, 15) is 22.4 Å². The highest BCUT2D eigenvalue weighted by atomic mass is 32.2. The first kappa shape index (κ1) is 22.6. The van der Waals surface area contributed by atoms with Crippen molar-refractivity contribution in [1.29, 1.82) is 0 Å². The highest BCUT2D eigenvalue weighted by Gasteiger charge is 2.32. The van der Waals surface area contributed by atoms with Crippen LogP contribution in [0.25, 0.3) is 0 Å². The van der Waals surface area contributed by atoms with Crippen molar-refractivity contribution in [3.8, 4) is 0 Å². The van der Waals surface area contributed by atoms with Crippen molar-refractivity contribution in [1.82, 2.24) is 9.21 Å². The summed E-state index contributed by atoms with van der Waals surface area (Å²) in [5, 5.41) is 2.78. The molecule has 3 aromatic rings. The van der Waals surface area contributed by atoms with Crippen LogP contribution in [-0.2, 0) is 10.0 Å². The number of benzene rings is 3. The van der Waals surface area contributed by atoms with Gasteiger partial charge in [0, 0.05) is 43.0 Å². The van der Waals surface area contributed by atoms with Gasteiger partial charge >= 0.3 is 0 Å². The summed E-state index contributed by atoms with van der Waals surface area (Å²) in [4.78, 5) is 26.3. The molecule has 33 heavy (non-hydrogen) atoms. The topological polar surface area (TPSA) is 86.8 Å². The SMILES string of the molecule is O=C(Nc1ccc(C(=O)N2CCN(S(=O)(=O)c3ccccc3F)CC2)cc1)c1ccccc1. The predicted molar refractivity (Wildman–Crippen MR) is 122 cm³/mol.